The lowest BCUT2D eigenvalue weighted by Gasteiger charge is -2.21. The minimum Gasteiger partial charge on any atom is -0.395 e. The van der Waals surface area contributed by atoms with Gasteiger partial charge in [-0.15, -0.1) is 0 Å². The van der Waals surface area contributed by atoms with E-state index in [-0.39, 0.29) is 12.6 Å². The fraction of sp³-hybridized carbons (Fsp3) is 0.562. The maximum atomic E-state index is 12.0. The summed E-state index contributed by atoms with van der Waals surface area (Å²) in [6.45, 7) is 7.91. The Morgan fingerprint density at radius 1 is 1.25 bits per heavy atom. The standard InChI is InChI=1S/C16H26N2O2/c1-4-10-18(11-12-19)16(20)17-9-8-15-13(2)6-5-7-14(15)3/h5-7,19H,4,8-12H2,1-3H3,(H,17,20). The molecule has 4 heteroatoms. The molecule has 0 fully saturated rings. The fourth-order valence-corrected chi connectivity index (χ4v) is 2.36. The van der Waals surface area contributed by atoms with Crippen molar-refractivity contribution in [3.63, 3.8) is 0 Å². The number of hydrogen-bond donors (Lipinski definition) is 2. The molecule has 0 saturated heterocycles. The molecular weight excluding hydrogens is 252 g/mol. The van der Waals surface area contributed by atoms with E-state index >= 15 is 0 Å². The molecule has 0 saturated carbocycles. The zero-order valence-electron chi connectivity index (χ0n) is 12.8. The quantitative estimate of drug-likeness (QED) is 0.804. The summed E-state index contributed by atoms with van der Waals surface area (Å²) in [4.78, 5) is 13.6. The molecular formula is C16H26N2O2. The third-order valence-electron chi connectivity index (χ3n) is 3.45. The highest BCUT2D eigenvalue weighted by atomic mass is 16.3. The number of amides is 2. The van der Waals surface area contributed by atoms with E-state index in [1.807, 2.05) is 6.92 Å². The van der Waals surface area contributed by atoms with Crippen LogP contribution in [0, 0.1) is 13.8 Å². The number of carbonyl (C=O) groups excluding carboxylic acids is 1. The first-order valence-corrected chi connectivity index (χ1v) is 7.28. The van der Waals surface area contributed by atoms with Crippen molar-refractivity contribution in [3.05, 3.63) is 34.9 Å². The molecule has 0 spiro atoms. The van der Waals surface area contributed by atoms with Crippen LogP contribution < -0.4 is 5.32 Å². The minimum atomic E-state index is -0.0906. The third-order valence-corrected chi connectivity index (χ3v) is 3.45. The first kappa shape index (κ1) is 16.5. The number of hydrogen-bond acceptors (Lipinski definition) is 2. The number of rotatable bonds is 7. The lowest BCUT2D eigenvalue weighted by Crippen LogP contribution is -2.42. The highest BCUT2D eigenvalue weighted by molar-refractivity contribution is 5.74. The van der Waals surface area contributed by atoms with Crippen LogP contribution in [0.5, 0.6) is 0 Å². The summed E-state index contributed by atoms with van der Waals surface area (Å²) in [6.07, 6.45) is 1.73. The summed E-state index contributed by atoms with van der Waals surface area (Å²) in [5.74, 6) is 0. The van der Waals surface area contributed by atoms with Crippen LogP contribution in [0.25, 0.3) is 0 Å². The van der Waals surface area contributed by atoms with Gasteiger partial charge in [-0.1, -0.05) is 25.1 Å². The van der Waals surface area contributed by atoms with Crippen molar-refractivity contribution < 1.29 is 9.90 Å². The summed E-state index contributed by atoms with van der Waals surface area (Å²) in [6, 6.07) is 6.16. The molecule has 2 amide bonds. The van der Waals surface area contributed by atoms with E-state index in [1.54, 1.807) is 4.90 Å². The molecule has 0 aliphatic carbocycles. The van der Waals surface area contributed by atoms with Crippen LogP contribution in [-0.4, -0.2) is 42.3 Å². The molecule has 20 heavy (non-hydrogen) atoms. The molecule has 1 rings (SSSR count). The molecule has 112 valence electrons. The first-order valence-electron chi connectivity index (χ1n) is 7.28. The molecule has 1 aromatic carbocycles. The van der Waals surface area contributed by atoms with Crippen molar-refractivity contribution in [1.82, 2.24) is 10.2 Å². The first-order chi connectivity index (χ1) is 9.60. The van der Waals surface area contributed by atoms with Gasteiger partial charge in [-0.3, -0.25) is 0 Å². The zero-order chi connectivity index (χ0) is 15.0. The third kappa shape index (κ3) is 4.85. The van der Waals surface area contributed by atoms with Crippen LogP contribution >= 0.6 is 0 Å². The Hall–Kier alpha value is -1.55. The number of benzene rings is 1. The highest BCUT2D eigenvalue weighted by Gasteiger charge is 2.11. The van der Waals surface area contributed by atoms with E-state index in [2.05, 4.69) is 37.4 Å². The maximum Gasteiger partial charge on any atom is 0.317 e. The van der Waals surface area contributed by atoms with Gasteiger partial charge in [0.25, 0.3) is 0 Å². The number of carbonyl (C=O) groups is 1. The van der Waals surface area contributed by atoms with Crippen molar-refractivity contribution in [2.45, 2.75) is 33.6 Å². The highest BCUT2D eigenvalue weighted by Crippen LogP contribution is 2.13. The molecule has 0 unspecified atom stereocenters. The van der Waals surface area contributed by atoms with Gasteiger partial charge < -0.3 is 15.3 Å². The molecule has 0 aliphatic heterocycles. The predicted molar refractivity (Wildman–Crippen MR) is 82.0 cm³/mol. The second-order valence-electron chi connectivity index (χ2n) is 5.06. The fourth-order valence-electron chi connectivity index (χ4n) is 2.36. The van der Waals surface area contributed by atoms with E-state index in [1.165, 1.54) is 16.7 Å². The van der Waals surface area contributed by atoms with Crippen LogP contribution in [-0.2, 0) is 6.42 Å². The zero-order valence-corrected chi connectivity index (χ0v) is 12.8. The van der Waals surface area contributed by atoms with Gasteiger partial charge in [-0.05, 0) is 43.4 Å². The molecule has 0 radical (unpaired) electrons. The SMILES string of the molecule is CCCN(CCO)C(=O)NCCc1c(C)cccc1C. The monoisotopic (exact) mass is 278 g/mol. The number of aryl methyl sites for hydroxylation is 2. The van der Waals surface area contributed by atoms with Gasteiger partial charge in [0.2, 0.25) is 0 Å². The molecule has 0 aliphatic rings. The molecule has 0 aromatic heterocycles. The Balaban J connectivity index is 2.48. The topological polar surface area (TPSA) is 52.6 Å². The average molecular weight is 278 g/mol. The van der Waals surface area contributed by atoms with Gasteiger partial charge in [0, 0.05) is 19.6 Å². The van der Waals surface area contributed by atoms with Crippen molar-refractivity contribution in [2.75, 3.05) is 26.2 Å². The minimum absolute atomic E-state index is 0.00429. The van der Waals surface area contributed by atoms with E-state index in [0.29, 0.717) is 19.6 Å². The Bertz CT molecular complexity index is 406. The van der Waals surface area contributed by atoms with Crippen LogP contribution in [0.1, 0.15) is 30.0 Å². The number of aliphatic hydroxyl groups excluding tert-OH is 1. The van der Waals surface area contributed by atoms with Crippen LogP contribution in [0.15, 0.2) is 18.2 Å². The lowest BCUT2D eigenvalue weighted by atomic mass is 10.0. The molecule has 0 heterocycles. The second kappa shape index (κ2) is 8.59. The Labute approximate surface area is 121 Å². The normalized spacial score (nSPS) is 10.4. The van der Waals surface area contributed by atoms with Crippen LogP contribution in [0.2, 0.25) is 0 Å². The molecule has 2 N–H and O–H groups in total. The van der Waals surface area contributed by atoms with E-state index < -0.39 is 0 Å². The number of nitrogens with one attached hydrogen (secondary N) is 1. The number of urea groups is 1. The lowest BCUT2D eigenvalue weighted by molar-refractivity contribution is 0.177. The Morgan fingerprint density at radius 2 is 1.90 bits per heavy atom. The van der Waals surface area contributed by atoms with Gasteiger partial charge in [0.05, 0.1) is 6.61 Å². The van der Waals surface area contributed by atoms with Crippen molar-refractivity contribution in [3.8, 4) is 0 Å². The van der Waals surface area contributed by atoms with Crippen molar-refractivity contribution in [2.24, 2.45) is 0 Å². The van der Waals surface area contributed by atoms with Gasteiger partial charge in [0.15, 0.2) is 0 Å². The second-order valence-corrected chi connectivity index (χ2v) is 5.06. The van der Waals surface area contributed by atoms with Crippen LogP contribution in [0.3, 0.4) is 0 Å². The van der Waals surface area contributed by atoms with E-state index in [4.69, 9.17) is 5.11 Å². The predicted octanol–water partition coefficient (Wildman–Crippen LogP) is 2.26. The van der Waals surface area contributed by atoms with Gasteiger partial charge in [-0.25, -0.2) is 4.79 Å². The average Bonchev–Trinajstić information content (AvgIpc) is 2.41. The summed E-state index contributed by atoms with van der Waals surface area (Å²) < 4.78 is 0. The summed E-state index contributed by atoms with van der Waals surface area (Å²) in [5, 5.41) is 11.9. The van der Waals surface area contributed by atoms with Gasteiger partial charge >= 0.3 is 6.03 Å². The summed E-state index contributed by atoms with van der Waals surface area (Å²) in [7, 11) is 0. The van der Waals surface area contributed by atoms with E-state index in [0.717, 1.165) is 12.8 Å². The molecule has 1 aromatic rings. The molecule has 0 bridgehead atoms. The van der Waals surface area contributed by atoms with E-state index in [9.17, 15) is 4.79 Å². The van der Waals surface area contributed by atoms with Gasteiger partial charge in [-0.2, -0.15) is 0 Å². The van der Waals surface area contributed by atoms with Crippen molar-refractivity contribution >= 4 is 6.03 Å². The molecule has 0 atom stereocenters. The summed E-state index contributed by atoms with van der Waals surface area (Å²) >= 11 is 0. The maximum absolute atomic E-state index is 12.0. The van der Waals surface area contributed by atoms with Crippen LogP contribution in [0.4, 0.5) is 4.79 Å². The summed E-state index contributed by atoms with van der Waals surface area (Å²) in [5.41, 5.74) is 3.83. The smallest absolute Gasteiger partial charge is 0.317 e. The Morgan fingerprint density at radius 3 is 2.45 bits per heavy atom. The van der Waals surface area contributed by atoms with Gasteiger partial charge in [0.1, 0.15) is 0 Å². The number of aliphatic hydroxyl groups is 1. The number of nitrogens with zero attached hydrogens (tertiary/aromatic N) is 1. The Kier molecular flexibility index (Phi) is 7.09. The largest absolute Gasteiger partial charge is 0.395 e. The molecule has 4 nitrogen and oxygen atoms in total. The van der Waals surface area contributed by atoms with Crippen molar-refractivity contribution in [1.29, 1.82) is 0 Å².